The number of nitrogens with one attached hydrogen (secondary N) is 1. The molecule has 1 N–H and O–H groups in total. The predicted octanol–water partition coefficient (Wildman–Crippen LogP) is 5.00. The van der Waals surface area contributed by atoms with Crippen molar-refractivity contribution < 1.29 is 19.1 Å². The first-order valence-corrected chi connectivity index (χ1v) is 8.92. The average Bonchev–Trinajstić information content (AvgIpc) is 2.64. The second-order valence-electron chi connectivity index (χ2n) is 5.84. The number of Topliss-reactive ketones (excluding diaryl/α,β-unsaturated/α-hetero) is 1. The molecule has 0 saturated heterocycles. The minimum Gasteiger partial charge on any atom is -0.497 e. The first-order chi connectivity index (χ1) is 13.3. The number of ketones is 1. The average molecular weight is 424 g/mol. The first-order valence-electron chi connectivity index (χ1n) is 8.16. The van der Waals surface area contributed by atoms with Gasteiger partial charge >= 0.3 is 0 Å². The Labute approximate surface area is 172 Å². The van der Waals surface area contributed by atoms with Crippen molar-refractivity contribution in [3.63, 3.8) is 0 Å². The monoisotopic (exact) mass is 423 g/mol. The van der Waals surface area contributed by atoms with Crippen LogP contribution in [0, 0.1) is 6.92 Å². The lowest BCUT2D eigenvalue weighted by Crippen LogP contribution is -2.32. The van der Waals surface area contributed by atoms with Gasteiger partial charge in [-0.25, -0.2) is 0 Å². The summed E-state index contributed by atoms with van der Waals surface area (Å²) in [5.41, 5.74) is 1.47. The van der Waals surface area contributed by atoms with Crippen LogP contribution >= 0.6 is 23.2 Å². The Morgan fingerprint density at radius 2 is 1.82 bits per heavy atom. The molecule has 0 fully saturated rings. The lowest BCUT2D eigenvalue weighted by Gasteiger charge is -2.15. The number of aryl methyl sites for hydroxylation is 1. The van der Waals surface area contributed by atoms with E-state index in [1.807, 2.05) is 0 Å². The summed E-state index contributed by atoms with van der Waals surface area (Å²) >= 11 is 12.1. The molecule has 0 bridgehead atoms. The van der Waals surface area contributed by atoms with E-state index in [-0.39, 0.29) is 16.5 Å². The van der Waals surface area contributed by atoms with E-state index >= 15 is 0 Å². The van der Waals surface area contributed by atoms with Gasteiger partial charge in [0.2, 0.25) is 6.04 Å². The van der Waals surface area contributed by atoms with Crippen LogP contribution in [0.15, 0.2) is 40.6 Å². The van der Waals surface area contributed by atoms with E-state index in [9.17, 15) is 9.59 Å². The zero-order chi connectivity index (χ0) is 20.8. The molecular formula is C19H19Cl2N3O4. The van der Waals surface area contributed by atoms with Crippen molar-refractivity contribution in [1.29, 1.82) is 0 Å². The fourth-order valence-electron chi connectivity index (χ4n) is 2.32. The second kappa shape index (κ2) is 9.52. The van der Waals surface area contributed by atoms with Crippen LogP contribution in [-0.4, -0.2) is 32.0 Å². The highest BCUT2D eigenvalue weighted by molar-refractivity contribution is 6.34. The summed E-state index contributed by atoms with van der Waals surface area (Å²) in [6.45, 7) is 3.05. The highest BCUT2D eigenvalue weighted by Gasteiger charge is 2.25. The molecule has 1 amide bonds. The Morgan fingerprint density at radius 1 is 1.11 bits per heavy atom. The highest BCUT2D eigenvalue weighted by atomic mass is 35.5. The van der Waals surface area contributed by atoms with Crippen molar-refractivity contribution >= 4 is 46.3 Å². The lowest BCUT2D eigenvalue weighted by molar-refractivity contribution is -0.126. The van der Waals surface area contributed by atoms with E-state index in [1.54, 1.807) is 31.2 Å². The SMILES string of the molecule is COc1cc(Cl)c(NC(=O)C(N=Nc2ccc(Cl)cc2C)C(C)=O)c(OC)c1. The third-order valence-corrected chi connectivity index (χ3v) is 4.34. The summed E-state index contributed by atoms with van der Waals surface area (Å²) in [5, 5.41) is 11.3. The number of halogens is 2. The molecule has 0 spiro atoms. The molecular weight excluding hydrogens is 405 g/mol. The van der Waals surface area contributed by atoms with Gasteiger partial charge in [-0.05, 0) is 37.6 Å². The summed E-state index contributed by atoms with van der Waals surface area (Å²) in [6.07, 6.45) is 0. The number of carbonyl (C=O) groups is 2. The van der Waals surface area contributed by atoms with E-state index in [1.165, 1.54) is 27.2 Å². The fourth-order valence-corrected chi connectivity index (χ4v) is 2.79. The molecule has 2 aromatic carbocycles. The minimum atomic E-state index is -1.35. The number of benzene rings is 2. The number of hydrogen-bond donors (Lipinski definition) is 1. The Hall–Kier alpha value is -2.64. The van der Waals surface area contributed by atoms with Crippen LogP contribution in [0.3, 0.4) is 0 Å². The van der Waals surface area contributed by atoms with Gasteiger partial charge in [0.25, 0.3) is 5.91 Å². The molecule has 2 aromatic rings. The topological polar surface area (TPSA) is 89.4 Å². The summed E-state index contributed by atoms with van der Waals surface area (Å²) < 4.78 is 10.4. The van der Waals surface area contributed by atoms with Crippen LogP contribution in [0.1, 0.15) is 12.5 Å². The van der Waals surface area contributed by atoms with Gasteiger partial charge in [0.15, 0.2) is 5.78 Å². The molecule has 0 heterocycles. The molecule has 9 heteroatoms. The Balaban J connectivity index is 2.29. The van der Waals surface area contributed by atoms with Crippen LogP contribution in [0.2, 0.25) is 10.0 Å². The summed E-state index contributed by atoms with van der Waals surface area (Å²) in [5.74, 6) is -0.420. The van der Waals surface area contributed by atoms with Crippen molar-refractivity contribution in [1.82, 2.24) is 0 Å². The van der Waals surface area contributed by atoms with Gasteiger partial charge in [0.1, 0.15) is 17.2 Å². The molecule has 0 aromatic heterocycles. The number of methoxy groups -OCH3 is 2. The maximum absolute atomic E-state index is 12.6. The number of amides is 1. The van der Waals surface area contributed by atoms with Crippen molar-refractivity contribution in [3.05, 3.63) is 45.9 Å². The van der Waals surface area contributed by atoms with E-state index in [0.717, 1.165) is 5.56 Å². The molecule has 0 radical (unpaired) electrons. The molecule has 0 aliphatic heterocycles. The summed E-state index contributed by atoms with van der Waals surface area (Å²) in [7, 11) is 2.90. The van der Waals surface area contributed by atoms with E-state index in [0.29, 0.717) is 16.5 Å². The van der Waals surface area contributed by atoms with E-state index in [2.05, 4.69) is 15.5 Å². The van der Waals surface area contributed by atoms with Crippen LogP contribution in [0.5, 0.6) is 11.5 Å². The molecule has 0 saturated carbocycles. The van der Waals surface area contributed by atoms with Gasteiger partial charge < -0.3 is 14.8 Å². The number of azo groups is 1. The number of hydrogen-bond acceptors (Lipinski definition) is 6. The molecule has 148 valence electrons. The van der Waals surface area contributed by atoms with Crippen molar-refractivity contribution in [2.75, 3.05) is 19.5 Å². The fraction of sp³-hybridized carbons (Fsp3) is 0.263. The number of rotatable bonds is 7. The van der Waals surface area contributed by atoms with Crippen LogP contribution in [0.25, 0.3) is 0 Å². The van der Waals surface area contributed by atoms with Gasteiger partial charge in [0.05, 0.1) is 24.9 Å². The number of carbonyl (C=O) groups excluding carboxylic acids is 2. The maximum Gasteiger partial charge on any atom is 0.258 e. The molecule has 0 aliphatic rings. The molecule has 0 aliphatic carbocycles. The summed E-state index contributed by atoms with van der Waals surface area (Å²) in [6, 6.07) is 6.73. The zero-order valence-electron chi connectivity index (χ0n) is 15.7. The van der Waals surface area contributed by atoms with Crippen LogP contribution in [-0.2, 0) is 9.59 Å². The predicted molar refractivity (Wildman–Crippen MR) is 108 cm³/mol. The largest absolute Gasteiger partial charge is 0.497 e. The highest BCUT2D eigenvalue weighted by Crippen LogP contribution is 2.37. The van der Waals surface area contributed by atoms with Gasteiger partial charge in [0, 0.05) is 17.2 Å². The first kappa shape index (κ1) is 21.7. The van der Waals surface area contributed by atoms with Crippen LogP contribution in [0.4, 0.5) is 11.4 Å². The molecule has 2 rings (SSSR count). The number of nitrogens with zero attached hydrogens (tertiary/aromatic N) is 2. The van der Waals surface area contributed by atoms with Crippen molar-refractivity contribution in [2.45, 2.75) is 19.9 Å². The maximum atomic E-state index is 12.6. The zero-order valence-corrected chi connectivity index (χ0v) is 17.3. The summed E-state index contributed by atoms with van der Waals surface area (Å²) in [4.78, 5) is 24.6. The van der Waals surface area contributed by atoms with Gasteiger partial charge in [-0.2, -0.15) is 10.2 Å². The van der Waals surface area contributed by atoms with E-state index < -0.39 is 17.7 Å². The normalized spacial score (nSPS) is 11.9. The molecule has 1 unspecified atom stereocenters. The van der Waals surface area contributed by atoms with Crippen LogP contribution < -0.4 is 14.8 Å². The number of anilines is 1. The quantitative estimate of drug-likeness (QED) is 0.501. The lowest BCUT2D eigenvalue weighted by atomic mass is 10.2. The third-order valence-electron chi connectivity index (χ3n) is 3.80. The standard InChI is InChI=1S/C19H19Cl2N3O4/c1-10-7-12(20)5-6-15(10)23-24-17(11(2)25)19(26)22-18-14(21)8-13(27-3)9-16(18)28-4/h5-9,17H,1-4H3,(H,22,26). The Kier molecular flexibility index (Phi) is 7.37. The van der Waals surface area contributed by atoms with Gasteiger partial charge in [-0.3, -0.25) is 9.59 Å². The van der Waals surface area contributed by atoms with Crippen molar-refractivity contribution in [3.8, 4) is 11.5 Å². The Bertz CT molecular complexity index is 932. The third kappa shape index (κ3) is 5.21. The smallest absolute Gasteiger partial charge is 0.258 e. The van der Waals surface area contributed by atoms with E-state index in [4.69, 9.17) is 32.7 Å². The Morgan fingerprint density at radius 3 is 2.39 bits per heavy atom. The second-order valence-corrected chi connectivity index (χ2v) is 6.68. The van der Waals surface area contributed by atoms with Crippen molar-refractivity contribution in [2.24, 2.45) is 10.2 Å². The van der Waals surface area contributed by atoms with Gasteiger partial charge in [-0.1, -0.05) is 23.2 Å². The molecule has 28 heavy (non-hydrogen) atoms. The molecule has 7 nitrogen and oxygen atoms in total. The molecule has 1 atom stereocenters. The van der Waals surface area contributed by atoms with Gasteiger partial charge in [-0.15, -0.1) is 0 Å². The minimum absolute atomic E-state index is 0.192. The number of ether oxygens (including phenoxy) is 2.